The highest BCUT2D eigenvalue weighted by molar-refractivity contribution is 5.78. The maximum absolute atomic E-state index is 13.0. The van der Waals surface area contributed by atoms with Crippen molar-refractivity contribution < 1.29 is 28.2 Å². The largest absolute Gasteiger partial charge is 0.479 e. The van der Waals surface area contributed by atoms with Crippen LogP contribution in [0.4, 0.5) is 8.78 Å². The third kappa shape index (κ3) is 5.86. The average molecular weight is 301 g/mol. The van der Waals surface area contributed by atoms with E-state index in [2.05, 4.69) is 10.1 Å². The molecule has 21 heavy (non-hydrogen) atoms. The fourth-order valence-electron chi connectivity index (χ4n) is 1.71. The highest BCUT2D eigenvalue weighted by atomic mass is 19.2. The van der Waals surface area contributed by atoms with Gasteiger partial charge in [-0.05, 0) is 30.5 Å². The van der Waals surface area contributed by atoms with Crippen LogP contribution in [0, 0.1) is 11.6 Å². The number of carbonyl (C=O) groups is 2. The molecule has 0 aliphatic heterocycles. The Labute approximate surface area is 120 Å². The van der Waals surface area contributed by atoms with Gasteiger partial charge >= 0.3 is 5.97 Å². The summed E-state index contributed by atoms with van der Waals surface area (Å²) >= 11 is 0. The molecular formula is C14H17F2NO4. The first-order chi connectivity index (χ1) is 9.93. The molecule has 1 rings (SSSR count). The highest BCUT2D eigenvalue weighted by Crippen LogP contribution is 2.11. The third-order valence-corrected chi connectivity index (χ3v) is 2.90. The molecule has 2 N–H and O–H groups in total. The van der Waals surface area contributed by atoms with E-state index in [0.29, 0.717) is 18.4 Å². The number of hydrogen-bond acceptors (Lipinski definition) is 3. The second-order valence-corrected chi connectivity index (χ2v) is 4.47. The fourth-order valence-corrected chi connectivity index (χ4v) is 1.71. The minimum absolute atomic E-state index is 0.115. The topological polar surface area (TPSA) is 75.6 Å². The van der Waals surface area contributed by atoms with Gasteiger partial charge in [-0.2, -0.15) is 0 Å². The Bertz CT molecular complexity index is 508. The molecular weight excluding hydrogens is 284 g/mol. The summed E-state index contributed by atoms with van der Waals surface area (Å²) in [5.74, 6) is -3.29. The van der Waals surface area contributed by atoms with Crippen molar-refractivity contribution in [2.75, 3.05) is 13.7 Å². The van der Waals surface area contributed by atoms with Gasteiger partial charge in [0.05, 0.1) is 6.54 Å². The van der Waals surface area contributed by atoms with E-state index in [1.54, 1.807) is 0 Å². The van der Waals surface area contributed by atoms with E-state index >= 15 is 0 Å². The van der Waals surface area contributed by atoms with Crippen LogP contribution < -0.4 is 5.32 Å². The van der Waals surface area contributed by atoms with Crippen molar-refractivity contribution in [1.82, 2.24) is 5.32 Å². The molecule has 0 aromatic heterocycles. The summed E-state index contributed by atoms with van der Waals surface area (Å²) in [6.07, 6.45) is -0.0476. The van der Waals surface area contributed by atoms with Gasteiger partial charge in [-0.15, -0.1) is 0 Å². The number of rotatable bonds is 8. The molecule has 7 heteroatoms. The minimum atomic E-state index is -1.15. The number of amides is 1. The Balaban J connectivity index is 2.30. The predicted molar refractivity (Wildman–Crippen MR) is 70.7 cm³/mol. The van der Waals surface area contributed by atoms with E-state index in [0.717, 1.165) is 12.1 Å². The van der Waals surface area contributed by atoms with Crippen molar-refractivity contribution in [3.63, 3.8) is 0 Å². The number of carbonyl (C=O) groups excluding carboxylic acids is 1. The average Bonchev–Trinajstić information content (AvgIpc) is 2.43. The molecule has 0 saturated carbocycles. The van der Waals surface area contributed by atoms with E-state index < -0.39 is 23.7 Å². The van der Waals surface area contributed by atoms with Gasteiger partial charge in [-0.25, -0.2) is 13.6 Å². The molecule has 0 fully saturated rings. The van der Waals surface area contributed by atoms with Crippen LogP contribution in [0.2, 0.25) is 0 Å². The molecule has 0 saturated heterocycles. The molecule has 1 unspecified atom stereocenters. The Hall–Kier alpha value is -2.02. The van der Waals surface area contributed by atoms with E-state index in [1.807, 2.05) is 0 Å². The highest BCUT2D eigenvalue weighted by Gasteiger charge is 2.16. The molecule has 1 amide bonds. The number of hydrogen-bond donors (Lipinski definition) is 2. The number of aryl methyl sites for hydroxylation is 1. The van der Waals surface area contributed by atoms with Crippen molar-refractivity contribution in [1.29, 1.82) is 0 Å². The van der Waals surface area contributed by atoms with Gasteiger partial charge in [0.25, 0.3) is 0 Å². The molecule has 1 aromatic carbocycles. The number of ether oxygens (including phenoxy) is 1. The first-order valence-corrected chi connectivity index (χ1v) is 6.40. The standard InChI is InChI=1S/C14H17F2NO4/c1-21-12(14(19)20)8-17-13(18)4-2-3-9-5-6-10(15)11(16)7-9/h5-7,12H,2-4,8H2,1H3,(H,17,18)(H,19,20). The molecule has 1 atom stereocenters. The van der Waals surface area contributed by atoms with Gasteiger partial charge in [0.15, 0.2) is 17.7 Å². The Morgan fingerprint density at radius 3 is 2.62 bits per heavy atom. The summed E-state index contributed by atoms with van der Waals surface area (Å²) in [5.41, 5.74) is 0.599. The first-order valence-electron chi connectivity index (χ1n) is 6.40. The van der Waals surface area contributed by atoms with Gasteiger partial charge < -0.3 is 15.2 Å². The van der Waals surface area contributed by atoms with Crippen LogP contribution in [0.25, 0.3) is 0 Å². The lowest BCUT2D eigenvalue weighted by Crippen LogP contribution is -2.37. The molecule has 1 aromatic rings. The maximum atomic E-state index is 13.0. The Kier molecular flexibility index (Phi) is 6.74. The van der Waals surface area contributed by atoms with Crippen molar-refractivity contribution in [2.24, 2.45) is 0 Å². The summed E-state index contributed by atoms with van der Waals surface area (Å²) < 4.78 is 30.4. The van der Waals surface area contributed by atoms with Crippen LogP contribution in [0.1, 0.15) is 18.4 Å². The second kappa shape index (κ2) is 8.31. The zero-order chi connectivity index (χ0) is 15.8. The zero-order valence-corrected chi connectivity index (χ0v) is 11.6. The first kappa shape index (κ1) is 17.0. The normalized spacial score (nSPS) is 12.0. The number of carboxylic acid groups (broad SMARTS) is 1. The monoisotopic (exact) mass is 301 g/mol. The number of methoxy groups -OCH3 is 1. The summed E-state index contributed by atoms with van der Waals surface area (Å²) in [5, 5.41) is 11.2. The number of benzene rings is 1. The fraction of sp³-hybridized carbons (Fsp3) is 0.429. The Morgan fingerprint density at radius 2 is 2.05 bits per heavy atom. The van der Waals surface area contributed by atoms with Gasteiger partial charge in [-0.3, -0.25) is 4.79 Å². The quantitative estimate of drug-likeness (QED) is 0.763. The number of halogens is 2. The van der Waals surface area contributed by atoms with Gasteiger partial charge in [0, 0.05) is 13.5 Å². The van der Waals surface area contributed by atoms with Crippen LogP contribution in [0.15, 0.2) is 18.2 Å². The SMILES string of the molecule is COC(CNC(=O)CCCc1ccc(F)c(F)c1)C(=O)O. The molecule has 0 bridgehead atoms. The summed E-state index contributed by atoms with van der Waals surface area (Å²) in [6.45, 7) is -0.115. The summed E-state index contributed by atoms with van der Waals surface area (Å²) in [6, 6.07) is 3.60. The van der Waals surface area contributed by atoms with E-state index in [1.165, 1.54) is 13.2 Å². The van der Waals surface area contributed by atoms with Gasteiger partial charge in [0.2, 0.25) is 5.91 Å². The van der Waals surface area contributed by atoms with Crippen LogP contribution in [-0.4, -0.2) is 36.7 Å². The molecule has 0 radical (unpaired) electrons. The smallest absolute Gasteiger partial charge is 0.334 e. The minimum Gasteiger partial charge on any atom is -0.479 e. The summed E-state index contributed by atoms with van der Waals surface area (Å²) in [4.78, 5) is 22.2. The van der Waals surface area contributed by atoms with Crippen LogP contribution in [0.5, 0.6) is 0 Å². The second-order valence-electron chi connectivity index (χ2n) is 4.47. The van der Waals surface area contributed by atoms with Crippen LogP contribution in [-0.2, 0) is 20.7 Å². The molecule has 0 heterocycles. The van der Waals surface area contributed by atoms with Crippen molar-refractivity contribution >= 4 is 11.9 Å². The third-order valence-electron chi connectivity index (χ3n) is 2.90. The van der Waals surface area contributed by atoms with Gasteiger partial charge in [-0.1, -0.05) is 6.07 Å². The molecule has 116 valence electrons. The van der Waals surface area contributed by atoms with E-state index in [9.17, 15) is 18.4 Å². The lowest BCUT2D eigenvalue weighted by Gasteiger charge is -2.11. The van der Waals surface area contributed by atoms with Crippen LogP contribution in [0.3, 0.4) is 0 Å². The van der Waals surface area contributed by atoms with Crippen LogP contribution >= 0.6 is 0 Å². The molecule has 5 nitrogen and oxygen atoms in total. The maximum Gasteiger partial charge on any atom is 0.334 e. The number of nitrogens with one attached hydrogen (secondary N) is 1. The van der Waals surface area contributed by atoms with Crippen molar-refractivity contribution in [3.8, 4) is 0 Å². The Morgan fingerprint density at radius 1 is 1.33 bits per heavy atom. The van der Waals surface area contributed by atoms with E-state index in [4.69, 9.17) is 5.11 Å². The van der Waals surface area contributed by atoms with Crippen molar-refractivity contribution in [2.45, 2.75) is 25.4 Å². The zero-order valence-electron chi connectivity index (χ0n) is 11.6. The predicted octanol–water partition coefficient (Wildman–Crippen LogP) is 1.50. The number of aliphatic carboxylic acids is 1. The number of carboxylic acids is 1. The lowest BCUT2D eigenvalue weighted by atomic mass is 10.1. The lowest BCUT2D eigenvalue weighted by molar-refractivity contribution is -0.148. The van der Waals surface area contributed by atoms with E-state index in [-0.39, 0.29) is 18.9 Å². The molecule has 0 spiro atoms. The molecule has 0 aliphatic rings. The van der Waals surface area contributed by atoms with Gasteiger partial charge in [0.1, 0.15) is 0 Å². The van der Waals surface area contributed by atoms with Crippen molar-refractivity contribution in [3.05, 3.63) is 35.4 Å². The summed E-state index contributed by atoms with van der Waals surface area (Å²) in [7, 11) is 1.24. The molecule has 0 aliphatic carbocycles.